The van der Waals surface area contributed by atoms with Crippen molar-refractivity contribution < 1.29 is 57.1 Å². The third-order valence-electron chi connectivity index (χ3n) is 12.5. The first-order valence-electron chi connectivity index (χ1n) is 23.8. The van der Waals surface area contributed by atoms with Gasteiger partial charge in [-0.3, -0.25) is 19.2 Å². The predicted molar refractivity (Wildman–Crippen MR) is 258 cm³/mol. The van der Waals surface area contributed by atoms with Gasteiger partial charge in [0.2, 0.25) is 0 Å². The molecule has 0 radical (unpaired) electrons. The van der Waals surface area contributed by atoms with Crippen molar-refractivity contribution in [2.45, 2.75) is 154 Å². The fourth-order valence-electron chi connectivity index (χ4n) is 9.17. The molecule has 0 N–H and O–H groups in total. The second-order valence-electron chi connectivity index (χ2n) is 19.1. The lowest BCUT2D eigenvalue weighted by molar-refractivity contribution is -0.171. The number of hydrogen-bond donors (Lipinski definition) is 0. The molecule has 0 bridgehead atoms. The summed E-state index contributed by atoms with van der Waals surface area (Å²) in [7, 11) is 0. The minimum absolute atomic E-state index is 0.0225. The first-order valence-corrected chi connectivity index (χ1v) is 23.8. The molecule has 8 rings (SSSR count). The Labute approximate surface area is 403 Å². The normalized spacial score (nSPS) is 28.7. The quantitative estimate of drug-likeness (QED) is 0.123. The maximum atomic E-state index is 11.1. The molecule has 4 aliphatic heterocycles. The summed E-state index contributed by atoms with van der Waals surface area (Å²) in [4.78, 5) is 44.4. The van der Waals surface area contributed by atoms with Gasteiger partial charge in [-0.1, -0.05) is 121 Å². The van der Waals surface area contributed by atoms with Gasteiger partial charge in [-0.2, -0.15) is 0 Å². The highest BCUT2D eigenvalue weighted by Gasteiger charge is 2.39. The van der Waals surface area contributed by atoms with Crippen molar-refractivity contribution in [1.82, 2.24) is 0 Å². The van der Waals surface area contributed by atoms with Gasteiger partial charge in [0.05, 0.1) is 50.8 Å². The van der Waals surface area contributed by atoms with Crippen LogP contribution in [0.1, 0.15) is 153 Å². The van der Waals surface area contributed by atoms with Gasteiger partial charge in [-0.05, 0) is 49.9 Å². The molecule has 68 heavy (non-hydrogen) atoms. The van der Waals surface area contributed by atoms with Gasteiger partial charge in [-0.25, -0.2) is 0 Å². The van der Waals surface area contributed by atoms with E-state index in [0.29, 0.717) is 26.4 Å². The average molecular weight is 937 g/mol. The summed E-state index contributed by atoms with van der Waals surface area (Å²) in [5.41, 5.74) is 2.98. The van der Waals surface area contributed by atoms with E-state index in [2.05, 4.69) is 0 Å². The topological polar surface area (TPSA) is 142 Å². The Kier molecular flexibility index (Phi) is 19.9. The molecule has 0 unspecified atom stereocenters. The SMILES string of the molecule is CC(=O)O[C@@]1(C)CCO[C@@H](c2ccccc2)C1.CC(=O)O[C@@]1(C)CCO[C@H](c2ccccc2)C1.CC(=O)O[C@]1(C)CCO[C@@H](c2ccccc2)C1.CC(=O)O[C@]1(C)CCO[C@H](c2ccccc2)C1. The summed E-state index contributed by atoms with van der Waals surface area (Å²) in [6, 6.07) is 40.3. The molecule has 4 fully saturated rings. The van der Waals surface area contributed by atoms with Crippen molar-refractivity contribution >= 4 is 23.9 Å². The van der Waals surface area contributed by atoms with Gasteiger partial charge in [0.15, 0.2) is 0 Å². The smallest absolute Gasteiger partial charge is 0.303 e. The van der Waals surface area contributed by atoms with E-state index >= 15 is 0 Å². The summed E-state index contributed by atoms with van der Waals surface area (Å²) in [5.74, 6) is -0.884. The summed E-state index contributed by atoms with van der Waals surface area (Å²) in [5, 5.41) is 0. The molecule has 0 aliphatic carbocycles. The van der Waals surface area contributed by atoms with Crippen LogP contribution in [0.4, 0.5) is 0 Å². The van der Waals surface area contributed by atoms with Crippen LogP contribution in [-0.4, -0.2) is 72.7 Å². The number of ether oxygens (including phenoxy) is 8. The highest BCUT2D eigenvalue weighted by atomic mass is 16.6. The summed E-state index contributed by atoms with van der Waals surface area (Å²) in [6.07, 6.45) is 6.00. The fourth-order valence-corrected chi connectivity index (χ4v) is 9.17. The Morgan fingerprint density at radius 2 is 0.529 bits per heavy atom. The van der Waals surface area contributed by atoms with E-state index < -0.39 is 22.4 Å². The Bertz CT molecular complexity index is 1860. The number of carbonyl (C=O) groups excluding carboxylic acids is 4. The van der Waals surface area contributed by atoms with Crippen LogP contribution in [0.15, 0.2) is 121 Å². The van der Waals surface area contributed by atoms with Crippen molar-refractivity contribution in [2.75, 3.05) is 26.4 Å². The van der Waals surface area contributed by atoms with Gasteiger partial charge in [0.1, 0.15) is 22.4 Å². The van der Waals surface area contributed by atoms with Gasteiger partial charge in [0.25, 0.3) is 0 Å². The lowest BCUT2D eigenvalue weighted by Gasteiger charge is -2.37. The highest BCUT2D eigenvalue weighted by molar-refractivity contribution is 5.67. The summed E-state index contributed by atoms with van der Waals surface area (Å²) < 4.78 is 44.6. The van der Waals surface area contributed by atoms with E-state index in [1.165, 1.54) is 27.7 Å². The Morgan fingerprint density at radius 3 is 0.691 bits per heavy atom. The lowest BCUT2D eigenvalue weighted by Crippen LogP contribution is -2.38. The van der Waals surface area contributed by atoms with Crippen LogP contribution < -0.4 is 0 Å². The van der Waals surface area contributed by atoms with Crippen LogP contribution in [0, 0.1) is 0 Å². The van der Waals surface area contributed by atoms with Crippen LogP contribution in [0.2, 0.25) is 0 Å². The van der Waals surface area contributed by atoms with Crippen LogP contribution in [0.5, 0.6) is 0 Å². The zero-order valence-corrected chi connectivity index (χ0v) is 41.2. The first-order chi connectivity index (χ1) is 32.4. The van der Waals surface area contributed by atoms with Crippen LogP contribution >= 0.6 is 0 Å². The average Bonchev–Trinajstić information content (AvgIpc) is 3.29. The molecule has 8 atom stereocenters. The first kappa shape index (κ1) is 53.6. The molecule has 4 aliphatic rings. The molecule has 368 valence electrons. The molecule has 12 heteroatoms. The van der Waals surface area contributed by atoms with E-state index in [9.17, 15) is 19.2 Å². The van der Waals surface area contributed by atoms with Crippen molar-refractivity contribution in [2.24, 2.45) is 0 Å². The van der Waals surface area contributed by atoms with E-state index in [0.717, 1.165) is 73.6 Å². The largest absolute Gasteiger partial charge is 0.459 e. The van der Waals surface area contributed by atoms with Crippen LogP contribution in [0.3, 0.4) is 0 Å². The van der Waals surface area contributed by atoms with Gasteiger partial charge < -0.3 is 37.9 Å². The number of hydrogen-bond acceptors (Lipinski definition) is 12. The van der Waals surface area contributed by atoms with Crippen LogP contribution in [0.25, 0.3) is 0 Å². The Hall–Kier alpha value is -5.40. The number of benzene rings is 4. The highest BCUT2D eigenvalue weighted by Crippen LogP contribution is 2.40. The maximum Gasteiger partial charge on any atom is 0.303 e. The molecule has 4 saturated heterocycles. The standard InChI is InChI=1S/4C14H18O3/c4*1-11(15)17-14(2)8-9-16-13(10-14)12-6-4-3-5-7-12/h4*3-7,13H,8-10H2,1-2H3/t2*13-,14+;2*13-,14-/m1010/s1. The minimum atomic E-state index is -0.398. The van der Waals surface area contributed by atoms with E-state index in [1.54, 1.807) is 0 Å². The molecule has 4 aromatic carbocycles. The van der Waals surface area contributed by atoms with Gasteiger partial charge >= 0.3 is 23.9 Å². The molecule has 0 saturated carbocycles. The second-order valence-corrected chi connectivity index (χ2v) is 19.1. The molecular formula is C56H72O12. The third-order valence-corrected chi connectivity index (χ3v) is 12.5. The summed E-state index contributed by atoms with van der Waals surface area (Å²) >= 11 is 0. The Morgan fingerprint density at radius 1 is 0.353 bits per heavy atom. The monoisotopic (exact) mass is 937 g/mol. The molecule has 0 amide bonds. The maximum absolute atomic E-state index is 11.1. The lowest BCUT2D eigenvalue weighted by atomic mass is 9.89. The number of rotatable bonds is 8. The molecule has 0 spiro atoms. The molecule has 12 nitrogen and oxygen atoms in total. The Balaban J connectivity index is 0.000000169. The van der Waals surface area contributed by atoms with Crippen LogP contribution in [-0.2, 0) is 57.1 Å². The molecular weight excluding hydrogens is 865 g/mol. The second kappa shape index (κ2) is 25.3. The zero-order chi connectivity index (χ0) is 49.2. The van der Waals surface area contributed by atoms with Crippen molar-refractivity contribution in [3.05, 3.63) is 144 Å². The fraction of sp³-hybridized carbons (Fsp3) is 0.500. The number of esters is 4. The predicted octanol–water partition coefficient (Wildman–Crippen LogP) is 11.4. The van der Waals surface area contributed by atoms with E-state index in [4.69, 9.17) is 37.9 Å². The summed E-state index contributed by atoms with van der Waals surface area (Å²) in [6.45, 7) is 16.3. The molecule has 4 aromatic rings. The molecule has 4 heterocycles. The zero-order valence-electron chi connectivity index (χ0n) is 41.2. The molecule has 0 aromatic heterocycles. The van der Waals surface area contributed by atoms with E-state index in [1.807, 2.05) is 149 Å². The van der Waals surface area contributed by atoms with Crippen molar-refractivity contribution in [3.63, 3.8) is 0 Å². The minimum Gasteiger partial charge on any atom is -0.459 e. The third kappa shape index (κ3) is 17.6. The van der Waals surface area contributed by atoms with Crippen molar-refractivity contribution in [3.8, 4) is 0 Å². The number of carbonyl (C=O) groups is 4. The van der Waals surface area contributed by atoms with Crippen molar-refractivity contribution in [1.29, 1.82) is 0 Å². The van der Waals surface area contributed by atoms with Gasteiger partial charge in [0, 0.05) is 79.1 Å². The van der Waals surface area contributed by atoms with Gasteiger partial charge in [-0.15, -0.1) is 0 Å². The van der Waals surface area contributed by atoms with E-state index in [-0.39, 0.29) is 48.3 Å².